The van der Waals surface area contributed by atoms with Gasteiger partial charge < -0.3 is 29.3 Å². The molecule has 2 heterocycles. The van der Waals surface area contributed by atoms with Crippen LogP contribution in [-0.2, 0) is 11.2 Å². The number of imide groups is 1. The van der Waals surface area contributed by atoms with Crippen LogP contribution in [0, 0.1) is 0 Å². The van der Waals surface area contributed by atoms with Crippen molar-refractivity contribution in [1.82, 2.24) is 4.90 Å². The minimum Gasteiger partial charge on any atom is -0.585 e. The summed E-state index contributed by atoms with van der Waals surface area (Å²) in [6.07, 6.45) is -0.0825. The van der Waals surface area contributed by atoms with Gasteiger partial charge in [-0.2, -0.15) is 0 Å². The van der Waals surface area contributed by atoms with Crippen LogP contribution in [0.2, 0.25) is 0 Å². The topological polar surface area (TPSA) is 87.0 Å². The van der Waals surface area contributed by atoms with Crippen LogP contribution in [0.25, 0.3) is 5.32 Å². The first-order chi connectivity index (χ1) is 13.5. The maximum atomic E-state index is 12.4. The molecule has 0 radical (unpaired) electrons. The summed E-state index contributed by atoms with van der Waals surface area (Å²) in [7, 11) is 1.68. The van der Waals surface area contributed by atoms with Crippen LogP contribution >= 0.6 is 11.8 Å². The van der Waals surface area contributed by atoms with E-state index in [1.807, 2.05) is 18.2 Å². The SMILES string of the molecule is CN1C(=O)c2ccccc2OC1COc1ccc(CC2SC(=O)[N-]C2=O)cc1.[Na+]. The van der Waals surface area contributed by atoms with Gasteiger partial charge in [0.25, 0.3) is 5.91 Å². The van der Waals surface area contributed by atoms with E-state index in [0.29, 0.717) is 23.5 Å². The van der Waals surface area contributed by atoms with Crippen molar-refractivity contribution in [2.45, 2.75) is 17.9 Å². The second-order valence-electron chi connectivity index (χ2n) is 6.47. The third-order valence-electron chi connectivity index (χ3n) is 4.59. The van der Waals surface area contributed by atoms with Gasteiger partial charge in [0.2, 0.25) is 6.23 Å². The molecule has 4 rings (SSSR count). The molecular formula is C20H17N2NaO5S. The number of amides is 3. The Balaban J connectivity index is 0.00000240. The molecule has 2 aliphatic rings. The van der Waals surface area contributed by atoms with Gasteiger partial charge in [0.1, 0.15) is 23.3 Å². The van der Waals surface area contributed by atoms with Crippen molar-refractivity contribution >= 4 is 28.8 Å². The predicted octanol–water partition coefficient (Wildman–Crippen LogP) is 0.238. The number of nitrogens with zero attached hydrogens (tertiary/aromatic N) is 2. The van der Waals surface area contributed by atoms with Crippen LogP contribution in [-0.4, -0.2) is 47.1 Å². The molecule has 2 aliphatic heterocycles. The molecule has 7 nitrogen and oxygen atoms in total. The molecule has 1 saturated heterocycles. The first-order valence-corrected chi connectivity index (χ1v) is 9.60. The first kappa shape index (κ1) is 21.7. The molecule has 2 aromatic rings. The summed E-state index contributed by atoms with van der Waals surface area (Å²) >= 11 is 0.956. The van der Waals surface area contributed by atoms with Crippen molar-refractivity contribution in [3.05, 3.63) is 65.0 Å². The maximum Gasteiger partial charge on any atom is 1.00 e. The number of ether oxygens (including phenoxy) is 2. The summed E-state index contributed by atoms with van der Waals surface area (Å²) in [6, 6.07) is 14.4. The summed E-state index contributed by atoms with van der Waals surface area (Å²) in [5, 5.41) is 2.53. The van der Waals surface area contributed by atoms with Gasteiger partial charge in [0.05, 0.1) is 16.7 Å². The van der Waals surface area contributed by atoms with Gasteiger partial charge in [-0.1, -0.05) is 36.0 Å². The zero-order valence-corrected chi connectivity index (χ0v) is 18.8. The van der Waals surface area contributed by atoms with Crippen LogP contribution < -0.4 is 39.0 Å². The van der Waals surface area contributed by atoms with Gasteiger partial charge in [-0.25, -0.2) is 0 Å². The van der Waals surface area contributed by atoms with Crippen LogP contribution in [0.1, 0.15) is 15.9 Å². The van der Waals surface area contributed by atoms with Crippen molar-refractivity contribution in [2.75, 3.05) is 13.7 Å². The fourth-order valence-corrected chi connectivity index (χ4v) is 3.85. The van der Waals surface area contributed by atoms with E-state index in [-0.39, 0.29) is 48.0 Å². The molecule has 9 heteroatoms. The van der Waals surface area contributed by atoms with Gasteiger partial charge in [-0.05, 0) is 36.2 Å². The van der Waals surface area contributed by atoms with Gasteiger partial charge in [0.15, 0.2) is 0 Å². The Labute approximate surface area is 194 Å². The van der Waals surface area contributed by atoms with Gasteiger partial charge >= 0.3 is 29.6 Å². The number of thioether (sulfide) groups is 1. The van der Waals surface area contributed by atoms with Crippen LogP contribution in [0.5, 0.6) is 11.5 Å². The Kier molecular flexibility index (Phi) is 6.89. The van der Waals surface area contributed by atoms with Crippen LogP contribution in [0.15, 0.2) is 48.5 Å². The maximum absolute atomic E-state index is 12.4. The Morgan fingerprint density at radius 1 is 1.10 bits per heavy atom. The van der Waals surface area contributed by atoms with E-state index in [4.69, 9.17) is 9.47 Å². The Bertz CT molecular complexity index is 937. The zero-order valence-electron chi connectivity index (χ0n) is 16.0. The van der Waals surface area contributed by atoms with Gasteiger partial charge in [0, 0.05) is 7.05 Å². The molecule has 3 amide bonds. The molecule has 144 valence electrons. The van der Waals surface area contributed by atoms with E-state index in [1.54, 1.807) is 37.4 Å². The van der Waals surface area contributed by atoms with Crippen molar-refractivity contribution in [1.29, 1.82) is 0 Å². The average Bonchev–Trinajstić information content (AvgIpc) is 3.01. The Hall–Kier alpha value is -2.00. The molecule has 29 heavy (non-hydrogen) atoms. The molecule has 2 unspecified atom stereocenters. The second-order valence-corrected chi connectivity index (χ2v) is 7.62. The molecule has 0 bridgehead atoms. The summed E-state index contributed by atoms with van der Waals surface area (Å²) in [4.78, 5) is 36.7. The first-order valence-electron chi connectivity index (χ1n) is 8.72. The number of para-hydroxylation sites is 1. The molecule has 0 N–H and O–H groups in total. The fourth-order valence-electron chi connectivity index (χ4n) is 3.03. The average molecular weight is 420 g/mol. The molecule has 0 spiro atoms. The number of likely N-dealkylation sites (N-methyl/N-ethyl adjacent to an activating group) is 1. The number of benzene rings is 2. The van der Waals surface area contributed by atoms with Crippen molar-refractivity contribution in [2.24, 2.45) is 0 Å². The Morgan fingerprint density at radius 2 is 1.83 bits per heavy atom. The Morgan fingerprint density at radius 3 is 2.52 bits per heavy atom. The fraction of sp³-hybridized carbons (Fsp3) is 0.250. The van der Waals surface area contributed by atoms with Crippen molar-refractivity contribution in [3.8, 4) is 11.5 Å². The summed E-state index contributed by atoms with van der Waals surface area (Å²) in [6.45, 7) is 0.181. The van der Waals surface area contributed by atoms with Gasteiger partial charge in [-0.3, -0.25) is 4.79 Å². The molecule has 1 fully saturated rings. The van der Waals surface area contributed by atoms with E-state index < -0.39 is 16.7 Å². The molecule has 0 aliphatic carbocycles. The smallest absolute Gasteiger partial charge is 0.585 e. The predicted molar refractivity (Wildman–Crippen MR) is 104 cm³/mol. The van der Waals surface area contributed by atoms with Crippen molar-refractivity contribution in [3.63, 3.8) is 0 Å². The molecule has 0 saturated carbocycles. The second kappa shape index (κ2) is 9.21. The van der Waals surface area contributed by atoms with Crippen LogP contribution in [0.4, 0.5) is 4.79 Å². The number of rotatable bonds is 5. The zero-order chi connectivity index (χ0) is 19.7. The number of carbonyl (C=O) groups excluding carboxylic acids is 3. The summed E-state index contributed by atoms with van der Waals surface area (Å²) in [5.41, 5.74) is 1.45. The third kappa shape index (κ3) is 4.78. The number of hydrogen-bond acceptors (Lipinski definition) is 6. The molecule has 2 atom stereocenters. The minimum atomic E-state index is -0.526. The molecule has 2 aromatic carbocycles. The number of fused-ring (bicyclic) bond motifs is 1. The van der Waals surface area contributed by atoms with E-state index in [0.717, 1.165) is 17.3 Å². The van der Waals surface area contributed by atoms with E-state index >= 15 is 0 Å². The van der Waals surface area contributed by atoms with Gasteiger partial charge in [-0.15, -0.1) is 0 Å². The standard InChI is InChI=1S/C20H18N2O5S.Na/c1-22-17(27-15-5-3-2-4-14(15)19(22)24)11-26-13-8-6-12(7-9-13)10-16-18(23)21-20(25)28-16;/h2-9,16-17H,10-11H2,1H3,(H,21,23,25);/q;+1/p-1. The minimum absolute atomic E-state index is 0. The van der Waals surface area contributed by atoms with Crippen LogP contribution in [0.3, 0.4) is 0 Å². The third-order valence-corrected chi connectivity index (χ3v) is 5.54. The van der Waals surface area contributed by atoms with E-state index in [2.05, 4.69) is 5.32 Å². The number of carbonyl (C=O) groups is 3. The largest absolute Gasteiger partial charge is 1.00 e. The number of hydrogen-bond donors (Lipinski definition) is 0. The molecule has 0 aromatic heterocycles. The monoisotopic (exact) mass is 420 g/mol. The van der Waals surface area contributed by atoms with E-state index in [9.17, 15) is 14.4 Å². The summed E-state index contributed by atoms with van der Waals surface area (Å²) in [5.74, 6) is 0.689. The van der Waals surface area contributed by atoms with Crippen molar-refractivity contribution < 1.29 is 53.4 Å². The quantitative estimate of drug-likeness (QED) is 0.644. The summed E-state index contributed by atoms with van der Waals surface area (Å²) < 4.78 is 11.6. The molecular weight excluding hydrogens is 403 g/mol. The normalized spacial score (nSPS) is 20.4. The van der Waals surface area contributed by atoms with E-state index in [1.165, 1.54) is 4.90 Å².